The van der Waals surface area contributed by atoms with Crippen LogP contribution < -0.4 is 10.1 Å². The molecule has 0 unspecified atom stereocenters. The molecule has 0 atom stereocenters. The van der Waals surface area contributed by atoms with Gasteiger partial charge in [-0.1, -0.05) is 18.2 Å². The molecule has 0 aliphatic rings. The van der Waals surface area contributed by atoms with Gasteiger partial charge in [0.05, 0.1) is 7.11 Å². The van der Waals surface area contributed by atoms with E-state index in [-0.39, 0.29) is 0 Å². The molecule has 0 aromatic heterocycles. The van der Waals surface area contributed by atoms with Gasteiger partial charge in [-0.3, -0.25) is 0 Å². The van der Waals surface area contributed by atoms with Gasteiger partial charge in [-0.05, 0) is 52.4 Å². The fourth-order valence-corrected chi connectivity index (χ4v) is 2.19. The van der Waals surface area contributed by atoms with Crippen molar-refractivity contribution < 1.29 is 4.74 Å². The highest BCUT2D eigenvalue weighted by molar-refractivity contribution is 14.1. The summed E-state index contributed by atoms with van der Waals surface area (Å²) in [7, 11) is 1.68. The lowest BCUT2D eigenvalue weighted by Gasteiger charge is -2.08. The van der Waals surface area contributed by atoms with Crippen molar-refractivity contribution in [1.29, 1.82) is 0 Å². The Hall–Kier alpha value is -1.23. The molecule has 0 bridgehead atoms. The number of methoxy groups -OCH3 is 1. The average Bonchev–Trinajstić information content (AvgIpc) is 2.37. The van der Waals surface area contributed by atoms with Crippen LogP contribution in [0.2, 0.25) is 0 Å². The Balaban J connectivity index is 2.02. The Bertz CT molecular complexity index is 499. The third-order valence-corrected chi connectivity index (χ3v) is 3.13. The predicted molar refractivity (Wildman–Crippen MR) is 79.5 cm³/mol. The van der Waals surface area contributed by atoms with Crippen LogP contribution in [0.15, 0.2) is 48.5 Å². The van der Waals surface area contributed by atoms with Crippen LogP contribution in [0, 0.1) is 3.57 Å². The fourth-order valence-electron chi connectivity index (χ4n) is 1.58. The van der Waals surface area contributed by atoms with E-state index >= 15 is 0 Å². The van der Waals surface area contributed by atoms with Crippen molar-refractivity contribution in [2.45, 2.75) is 6.54 Å². The summed E-state index contributed by atoms with van der Waals surface area (Å²) in [6.07, 6.45) is 0. The number of anilines is 1. The maximum atomic E-state index is 5.18. The molecule has 0 spiro atoms. The lowest BCUT2D eigenvalue weighted by Crippen LogP contribution is -1.99. The Morgan fingerprint density at radius 1 is 1.12 bits per heavy atom. The Kier molecular flexibility index (Phi) is 4.25. The van der Waals surface area contributed by atoms with Crippen molar-refractivity contribution in [2.24, 2.45) is 0 Å². The molecule has 0 aliphatic carbocycles. The van der Waals surface area contributed by atoms with Crippen LogP contribution in [0.25, 0.3) is 0 Å². The van der Waals surface area contributed by atoms with Crippen molar-refractivity contribution >= 4 is 28.3 Å². The summed E-state index contributed by atoms with van der Waals surface area (Å²) in [4.78, 5) is 0. The largest absolute Gasteiger partial charge is 0.497 e. The first kappa shape index (κ1) is 12.2. The summed E-state index contributed by atoms with van der Waals surface area (Å²) >= 11 is 2.32. The highest BCUT2D eigenvalue weighted by atomic mass is 127. The molecule has 0 saturated carbocycles. The number of ether oxygens (including phenoxy) is 1. The molecule has 2 rings (SSSR count). The first-order chi connectivity index (χ1) is 8.28. The van der Waals surface area contributed by atoms with Crippen LogP contribution >= 0.6 is 22.6 Å². The lowest BCUT2D eigenvalue weighted by molar-refractivity contribution is 0.415. The van der Waals surface area contributed by atoms with E-state index in [0.29, 0.717) is 0 Å². The van der Waals surface area contributed by atoms with Crippen LogP contribution in [0.1, 0.15) is 5.56 Å². The minimum Gasteiger partial charge on any atom is -0.497 e. The Morgan fingerprint density at radius 2 is 1.94 bits per heavy atom. The molecule has 0 aliphatic heterocycles. The number of hydrogen-bond donors (Lipinski definition) is 1. The van der Waals surface area contributed by atoms with E-state index < -0.39 is 0 Å². The Morgan fingerprint density at radius 3 is 2.71 bits per heavy atom. The third-order valence-electron chi connectivity index (χ3n) is 2.46. The molecule has 3 heteroatoms. The van der Waals surface area contributed by atoms with Crippen molar-refractivity contribution in [3.8, 4) is 5.75 Å². The average molecular weight is 339 g/mol. The van der Waals surface area contributed by atoms with Crippen molar-refractivity contribution in [3.63, 3.8) is 0 Å². The smallest absolute Gasteiger partial charge is 0.120 e. The van der Waals surface area contributed by atoms with Crippen LogP contribution in [0.5, 0.6) is 5.75 Å². The molecule has 17 heavy (non-hydrogen) atoms. The van der Waals surface area contributed by atoms with Crippen LogP contribution in [0.3, 0.4) is 0 Å². The fraction of sp³-hybridized carbons (Fsp3) is 0.143. The molecular weight excluding hydrogens is 325 g/mol. The summed E-state index contributed by atoms with van der Waals surface area (Å²) in [5.74, 6) is 0.873. The third kappa shape index (κ3) is 3.63. The van der Waals surface area contributed by atoms with Gasteiger partial charge < -0.3 is 10.1 Å². The zero-order chi connectivity index (χ0) is 12.1. The zero-order valence-electron chi connectivity index (χ0n) is 9.61. The highest BCUT2D eigenvalue weighted by Crippen LogP contribution is 2.17. The summed E-state index contributed by atoms with van der Waals surface area (Å²) in [6, 6.07) is 16.4. The molecule has 0 saturated heterocycles. The molecule has 2 aromatic rings. The van der Waals surface area contributed by atoms with Gasteiger partial charge >= 0.3 is 0 Å². The van der Waals surface area contributed by atoms with E-state index in [1.54, 1.807) is 7.11 Å². The Labute approximate surface area is 115 Å². The van der Waals surface area contributed by atoms with E-state index in [1.165, 1.54) is 9.13 Å². The standard InChI is InChI=1S/C14H14INO/c1-17-14-7-3-6-13(9-14)16-10-11-4-2-5-12(15)8-11/h2-9,16H,10H2,1H3. The minimum atomic E-state index is 0.823. The maximum absolute atomic E-state index is 5.18. The number of rotatable bonds is 4. The van der Waals surface area contributed by atoms with Crippen LogP contribution in [0.4, 0.5) is 5.69 Å². The second-order valence-electron chi connectivity index (χ2n) is 3.72. The van der Waals surface area contributed by atoms with Crippen LogP contribution in [-0.4, -0.2) is 7.11 Å². The molecule has 2 aromatic carbocycles. The normalized spacial score (nSPS) is 10.0. The number of halogens is 1. The summed E-state index contributed by atoms with van der Waals surface area (Å²) in [6.45, 7) is 0.823. The number of nitrogens with one attached hydrogen (secondary N) is 1. The number of benzene rings is 2. The first-order valence-electron chi connectivity index (χ1n) is 5.40. The van der Waals surface area contributed by atoms with Gasteiger partial charge in [0.15, 0.2) is 0 Å². The monoisotopic (exact) mass is 339 g/mol. The summed E-state index contributed by atoms with van der Waals surface area (Å²) < 4.78 is 6.44. The zero-order valence-corrected chi connectivity index (χ0v) is 11.8. The van der Waals surface area contributed by atoms with Crippen molar-refractivity contribution in [1.82, 2.24) is 0 Å². The topological polar surface area (TPSA) is 21.3 Å². The first-order valence-corrected chi connectivity index (χ1v) is 6.48. The summed E-state index contributed by atoms with van der Waals surface area (Å²) in [5.41, 5.74) is 2.35. The van der Waals surface area contributed by atoms with Gasteiger partial charge in [-0.2, -0.15) is 0 Å². The van der Waals surface area contributed by atoms with E-state index in [0.717, 1.165) is 18.0 Å². The molecule has 0 radical (unpaired) electrons. The molecular formula is C14H14INO. The van der Waals surface area contributed by atoms with E-state index in [4.69, 9.17) is 4.74 Å². The van der Waals surface area contributed by atoms with Gasteiger partial charge in [0.2, 0.25) is 0 Å². The van der Waals surface area contributed by atoms with E-state index in [2.05, 4.69) is 52.2 Å². The molecule has 1 N–H and O–H groups in total. The molecule has 88 valence electrons. The second kappa shape index (κ2) is 5.91. The summed E-state index contributed by atoms with van der Waals surface area (Å²) in [5, 5.41) is 3.38. The quantitative estimate of drug-likeness (QED) is 0.853. The molecule has 2 nitrogen and oxygen atoms in total. The molecule has 0 heterocycles. The van der Waals surface area contributed by atoms with Gasteiger partial charge in [-0.15, -0.1) is 0 Å². The van der Waals surface area contributed by atoms with Gasteiger partial charge in [0, 0.05) is 21.9 Å². The minimum absolute atomic E-state index is 0.823. The van der Waals surface area contributed by atoms with E-state index in [1.807, 2.05) is 24.3 Å². The van der Waals surface area contributed by atoms with Gasteiger partial charge in [0.1, 0.15) is 5.75 Å². The van der Waals surface area contributed by atoms with Crippen LogP contribution in [-0.2, 0) is 6.54 Å². The maximum Gasteiger partial charge on any atom is 0.120 e. The van der Waals surface area contributed by atoms with Gasteiger partial charge in [0.25, 0.3) is 0 Å². The molecule has 0 fully saturated rings. The SMILES string of the molecule is COc1cccc(NCc2cccc(I)c2)c1. The number of hydrogen-bond acceptors (Lipinski definition) is 2. The van der Waals surface area contributed by atoms with E-state index in [9.17, 15) is 0 Å². The van der Waals surface area contributed by atoms with Crippen molar-refractivity contribution in [3.05, 3.63) is 57.7 Å². The molecule has 0 amide bonds. The highest BCUT2D eigenvalue weighted by Gasteiger charge is 1.96. The lowest BCUT2D eigenvalue weighted by atomic mass is 10.2. The predicted octanol–water partition coefficient (Wildman–Crippen LogP) is 3.91. The van der Waals surface area contributed by atoms with Gasteiger partial charge in [-0.25, -0.2) is 0 Å². The van der Waals surface area contributed by atoms with Crippen molar-refractivity contribution in [2.75, 3.05) is 12.4 Å². The second-order valence-corrected chi connectivity index (χ2v) is 4.96.